The Bertz CT molecular complexity index is 225. The standard InChI is InChI=1S/C9H18O5S/c1-4(2)9(13)7(12)6(11)5(3-10)14-8(9)15/h4-8,10-13,15H,3H2,1-2H3/t5-,6+,7+,8+,9-/m1/s1. The molecule has 1 aliphatic rings. The van der Waals surface area contributed by atoms with E-state index in [0.717, 1.165) is 0 Å². The molecule has 0 aromatic heterocycles. The van der Waals surface area contributed by atoms with Crippen LogP contribution in [0.15, 0.2) is 0 Å². The lowest BCUT2D eigenvalue weighted by Crippen LogP contribution is -2.67. The van der Waals surface area contributed by atoms with Gasteiger partial charge in [-0.1, -0.05) is 13.8 Å². The maximum absolute atomic E-state index is 10.2. The fourth-order valence-corrected chi connectivity index (χ4v) is 2.36. The van der Waals surface area contributed by atoms with E-state index in [0.29, 0.717) is 0 Å². The molecule has 1 fully saturated rings. The van der Waals surface area contributed by atoms with E-state index in [9.17, 15) is 15.3 Å². The highest BCUT2D eigenvalue weighted by atomic mass is 32.1. The second-order valence-electron chi connectivity index (χ2n) is 4.19. The van der Waals surface area contributed by atoms with E-state index < -0.39 is 36.0 Å². The summed E-state index contributed by atoms with van der Waals surface area (Å²) in [5.41, 5.74) is -2.55. The van der Waals surface area contributed by atoms with Gasteiger partial charge in [-0.05, 0) is 5.92 Å². The minimum Gasteiger partial charge on any atom is -0.394 e. The van der Waals surface area contributed by atoms with Gasteiger partial charge >= 0.3 is 0 Å². The van der Waals surface area contributed by atoms with Gasteiger partial charge in [0.1, 0.15) is 29.3 Å². The minimum atomic E-state index is -1.62. The first-order chi connectivity index (χ1) is 6.85. The van der Waals surface area contributed by atoms with Crippen molar-refractivity contribution in [3.05, 3.63) is 0 Å². The third-order valence-corrected chi connectivity index (χ3v) is 3.52. The van der Waals surface area contributed by atoms with Crippen LogP contribution in [0.4, 0.5) is 0 Å². The highest BCUT2D eigenvalue weighted by molar-refractivity contribution is 7.80. The van der Waals surface area contributed by atoms with Crippen LogP contribution in [0, 0.1) is 5.92 Å². The summed E-state index contributed by atoms with van der Waals surface area (Å²) in [6, 6.07) is 0. The van der Waals surface area contributed by atoms with Crippen molar-refractivity contribution >= 4 is 12.6 Å². The molecule has 15 heavy (non-hydrogen) atoms. The molecule has 0 radical (unpaired) electrons. The summed E-state index contributed by atoms with van der Waals surface area (Å²) in [5.74, 6) is -0.329. The predicted octanol–water partition coefficient (Wildman–Crippen LogP) is -1.26. The third-order valence-electron chi connectivity index (χ3n) is 2.98. The Morgan fingerprint density at radius 2 is 1.93 bits per heavy atom. The SMILES string of the molecule is CC(C)[C@]1(O)[C@H](S)O[C@H](CO)[C@H](O)[C@@H]1O. The highest BCUT2D eigenvalue weighted by Crippen LogP contribution is 2.37. The summed E-state index contributed by atoms with van der Waals surface area (Å²) in [4.78, 5) is 0. The minimum absolute atomic E-state index is 0.329. The van der Waals surface area contributed by atoms with E-state index in [2.05, 4.69) is 12.6 Å². The van der Waals surface area contributed by atoms with Crippen molar-refractivity contribution in [3.63, 3.8) is 0 Å². The lowest BCUT2D eigenvalue weighted by Gasteiger charge is -2.48. The van der Waals surface area contributed by atoms with Crippen LogP contribution in [0.2, 0.25) is 0 Å². The van der Waals surface area contributed by atoms with Crippen LogP contribution in [0.3, 0.4) is 0 Å². The highest BCUT2D eigenvalue weighted by Gasteiger charge is 2.54. The Kier molecular flexibility index (Phi) is 4.02. The van der Waals surface area contributed by atoms with Crippen molar-refractivity contribution in [3.8, 4) is 0 Å². The number of hydrogen-bond acceptors (Lipinski definition) is 6. The average Bonchev–Trinajstić information content (AvgIpc) is 2.20. The average molecular weight is 238 g/mol. The van der Waals surface area contributed by atoms with Gasteiger partial charge in [0, 0.05) is 0 Å². The van der Waals surface area contributed by atoms with Gasteiger partial charge in [-0.3, -0.25) is 0 Å². The zero-order valence-corrected chi connectivity index (χ0v) is 9.63. The van der Waals surface area contributed by atoms with Crippen LogP contribution < -0.4 is 0 Å². The Morgan fingerprint density at radius 1 is 1.40 bits per heavy atom. The Hall–Kier alpha value is 0.150. The summed E-state index contributed by atoms with van der Waals surface area (Å²) in [6.07, 6.45) is -3.61. The monoisotopic (exact) mass is 238 g/mol. The molecule has 5 nitrogen and oxygen atoms in total. The lowest BCUT2D eigenvalue weighted by molar-refractivity contribution is -0.263. The van der Waals surface area contributed by atoms with E-state index in [1.165, 1.54) is 0 Å². The number of aliphatic hydroxyl groups excluding tert-OH is 3. The second kappa shape index (κ2) is 4.57. The van der Waals surface area contributed by atoms with Crippen molar-refractivity contribution in [2.75, 3.05) is 6.61 Å². The van der Waals surface area contributed by atoms with Gasteiger partial charge in [-0.2, -0.15) is 0 Å². The Balaban J connectivity index is 2.93. The van der Waals surface area contributed by atoms with Crippen LogP contribution in [0.5, 0.6) is 0 Å². The van der Waals surface area contributed by atoms with Gasteiger partial charge < -0.3 is 25.2 Å². The molecule has 0 aromatic carbocycles. The summed E-state index contributed by atoms with van der Waals surface area (Å²) in [6.45, 7) is 2.97. The predicted molar refractivity (Wildman–Crippen MR) is 56.5 cm³/mol. The number of aliphatic hydroxyl groups is 4. The van der Waals surface area contributed by atoms with Gasteiger partial charge in [0.2, 0.25) is 0 Å². The van der Waals surface area contributed by atoms with E-state index in [-0.39, 0.29) is 5.92 Å². The first kappa shape index (κ1) is 13.2. The first-order valence-electron chi connectivity index (χ1n) is 4.88. The lowest BCUT2D eigenvalue weighted by atomic mass is 9.79. The molecular formula is C9H18O5S. The second-order valence-corrected chi connectivity index (χ2v) is 4.66. The summed E-state index contributed by atoms with van der Waals surface area (Å²) in [5, 5.41) is 38.5. The van der Waals surface area contributed by atoms with Crippen LogP contribution >= 0.6 is 12.6 Å². The zero-order chi connectivity index (χ0) is 11.8. The molecule has 0 unspecified atom stereocenters. The maximum atomic E-state index is 10.2. The van der Waals surface area contributed by atoms with E-state index in [1.54, 1.807) is 13.8 Å². The molecule has 0 amide bonds. The maximum Gasteiger partial charge on any atom is 0.132 e. The van der Waals surface area contributed by atoms with Crippen molar-refractivity contribution in [1.82, 2.24) is 0 Å². The molecule has 0 aromatic rings. The molecule has 0 aliphatic carbocycles. The molecule has 0 spiro atoms. The molecule has 0 bridgehead atoms. The molecule has 90 valence electrons. The van der Waals surface area contributed by atoms with Gasteiger partial charge in [0.25, 0.3) is 0 Å². The van der Waals surface area contributed by atoms with Crippen LogP contribution in [-0.2, 0) is 4.74 Å². The Morgan fingerprint density at radius 3 is 2.33 bits per heavy atom. The molecule has 1 heterocycles. The summed E-state index contributed by atoms with van der Waals surface area (Å²) >= 11 is 4.04. The van der Waals surface area contributed by atoms with Crippen molar-refractivity contribution in [2.24, 2.45) is 5.92 Å². The molecule has 6 heteroatoms. The fraction of sp³-hybridized carbons (Fsp3) is 1.00. The number of hydrogen-bond donors (Lipinski definition) is 5. The summed E-state index contributed by atoms with van der Waals surface area (Å²) < 4.78 is 5.15. The normalized spacial score (nSPS) is 47.2. The van der Waals surface area contributed by atoms with E-state index >= 15 is 0 Å². The number of ether oxygens (including phenoxy) is 1. The topological polar surface area (TPSA) is 90.2 Å². The van der Waals surface area contributed by atoms with Gasteiger partial charge in [-0.25, -0.2) is 0 Å². The van der Waals surface area contributed by atoms with Gasteiger partial charge in [0.05, 0.1) is 6.61 Å². The molecule has 5 atom stereocenters. The number of rotatable bonds is 2. The first-order valence-corrected chi connectivity index (χ1v) is 5.40. The third kappa shape index (κ3) is 2.02. The van der Waals surface area contributed by atoms with E-state index in [4.69, 9.17) is 9.84 Å². The van der Waals surface area contributed by atoms with Crippen LogP contribution in [-0.4, -0.2) is 56.4 Å². The quantitative estimate of drug-likeness (QED) is 0.388. The van der Waals surface area contributed by atoms with Crippen molar-refractivity contribution < 1.29 is 25.2 Å². The molecule has 1 aliphatic heterocycles. The number of thiol groups is 1. The van der Waals surface area contributed by atoms with Crippen molar-refractivity contribution in [1.29, 1.82) is 0 Å². The molecule has 4 N–H and O–H groups in total. The Labute approximate surface area is 94.1 Å². The van der Waals surface area contributed by atoms with Crippen molar-refractivity contribution in [2.45, 2.75) is 43.2 Å². The zero-order valence-electron chi connectivity index (χ0n) is 8.74. The van der Waals surface area contributed by atoms with Gasteiger partial charge in [-0.15, -0.1) is 12.6 Å². The fourth-order valence-electron chi connectivity index (χ4n) is 1.76. The molecule has 1 rings (SSSR count). The van der Waals surface area contributed by atoms with E-state index in [1.807, 2.05) is 0 Å². The summed E-state index contributed by atoms with van der Waals surface area (Å²) in [7, 11) is 0. The molecule has 0 saturated carbocycles. The molecule has 1 saturated heterocycles. The van der Waals surface area contributed by atoms with Crippen LogP contribution in [0.25, 0.3) is 0 Å². The van der Waals surface area contributed by atoms with Gasteiger partial charge in [0.15, 0.2) is 0 Å². The largest absolute Gasteiger partial charge is 0.394 e. The van der Waals surface area contributed by atoms with Crippen LogP contribution in [0.1, 0.15) is 13.8 Å². The smallest absolute Gasteiger partial charge is 0.132 e. The molecular weight excluding hydrogens is 220 g/mol.